The monoisotopic (exact) mass is 185 g/mol. The van der Waals surface area contributed by atoms with Crippen molar-refractivity contribution >= 4 is 5.97 Å². The van der Waals surface area contributed by atoms with Gasteiger partial charge in [0.05, 0.1) is 0 Å². The minimum absolute atomic E-state index is 0.528. The molecule has 13 heavy (non-hydrogen) atoms. The van der Waals surface area contributed by atoms with E-state index in [1.807, 2.05) is 0 Å². The van der Waals surface area contributed by atoms with E-state index in [4.69, 9.17) is 10.8 Å². The first-order valence-electron chi connectivity index (χ1n) is 5.09. The minimum Gasteiger partial charge on any atom is -0.480 e. The van der Waals surface area contributed by atoms with Crippen molar-refractivity contribution in [2.75, 3.05) is 0 Å². The summed E-state index contributed by atoms with van der Waals surface area (Å²) < 4.78 is 0. The SMILES string of the molecule is CC1CCCCC1C[C@@H](N)C(=O)O. The Labute approximate surface area is 79.3 Å². The number of aliphatic carboxylic acids is 1. The van der Waals surface area contributed by atoms with Crippen LogP contribution in [0.5, 0.6) is 0 Å². The van der Waals surface area contributed by atoms with E-state index in [9.17, 15) is 4.79 Å². The first kappa shape index (κ1) is 10.5. The van der Waals surface area contributed by atoms with Gasteiger partial charge in [-0.1, -0.05) is 32.6 Å². The van der Waals surface area contributed by atoms with Crippen LogP contribution < -0.4 is 5.73 Å². The number of carboxylic acid groups (broad SMARTS) is 1. The molecular formula is C10H19NO2. The van der Waals surface area contributed by atoms with E-state index < -0.39 is 12.0 Å². The molecule has 1 aliphatic rings. The third-order valence-corrected chi connectivity index (χ3v) is 3.16. The Kier molecular flexibility index (Phi) is 3.72. The van der Waals surface area contributed by atoms with Gasteiger partial charge in [0.1, 0.15) is 6.04 Å². The van der Waals surface area contributed by atoms with Crippen LogP contribution in [0.4, 0.5) is 0 Å². The number of rotatable bonds is 3. The predicted molar refractivity (Wildman–Crippen MR) is 51.4 cm³/mol. The third-order valence-electron chi connectivity index (χ3n) is 3.16. The van der Waals surface area contributed by atoms with Crippen LogP contribution >= 0.6 is 0 Å². The molecule has 3 heteroatoms. The number of hydrogen-bond acceptors (Lipinski definition) is 2. The summed E-state index contributed by atoms with van der Waals surface area (Å²) in [4.78, 5) is 10.6. The van der Waals surface area contributed by atoms with Crippen LogP contribution in [0.2, 0.25) is 0 Å². The smallest absolute Gasteiger partial charge is 0.320 e. The average Bonchev–Trinajstić information content (AvgIpc) is 2.08. The van der Waals surface area contributed by atoms with E-state index in [1.165, 1.54) is 19.3 Å². The summed E-state index contributed by atoms with van der Waals surface area (Å²) in [6.07, 6.45) is 5.57. The topological polar surface area (TPSA) is 63.3 Å². The Bertz CT molecular complexity index is 182. The van der Waals surface area contributed by atoms with Gasteiger partial charge in [-0.3, -0.25) is 4.79 Å². The molecule has 0 spiro atoms. The summed E-state index contributed by atoms with van der Waals surface area (Å²) in [5.74, 6) is 0.316. The van der Waals surface area contributed by atoms with Crippen LogP contribution in [0.25, 0.3) is 0 Å². The van der Waals surface area contributed by atoms with Gasteiger partial charge < -0.3 is 10.8 Å². The van der Waals surface area contributed by atoms with Crippen LogP contribution in [0.1, 0.15) is 39.0 Å². The molecule has 76 valence electrons. The molecule has 0 saturated heterocycles. The molecule has 3 N–H and O–H groups in total. The maximum atomic E-state index is 10.6. The predicted octanol–water partition coefficient (Wildman–Crippen LogP) is 1.61. The van der Waals surface area contributed by atoms with Gasteiger partial charge in [0.25, 0.3) is 0 Å². The van der Waals surface area contributed by atoms with Crippen molar-refractivity contribution in [3.05, 3.63) is 0 Å². The number of carbonyl (C=O) groups is 1. The summed E-state index contributed by atoms with van der Waals surface area (Å²) in [5, 5.41) is 8.67. The zero-order valence-corrected chi connectivity index (χ0v) is 8.20. The molecule has 1 fully saturated rings. The third kappa shape index (κ3) is 2.99. The minimum atomic E-state index is -0.863. The molecule has 0 aromatic heterocycles. The Hall–Kier alpha value is -0.570. The summed E-state index contributed by atoms with van der Waals surface area (Å²) >= 11 is 0. The average molecular weight is 185 g/mol. The number of carboxylic acids is 1. The molecule has 0 heterocycles. The quantitative estimate of drug-likeness (QED) is 0.702. The van der Waals surface area contributed by atoms with E-state index in [1.54, 1.807) is 0 Å². The van der Waals surface area contributed by atoms with Gasteiger partial charge in [0.2, 0.25) is 0 Å². The van der Waals surface area contributed by atoms with Gasteiger partial charge in [-0.2, -0.15) is 0 Å². The lowest BCUT2D eigenvalue weighted by Crippen LogP contribution is -2.34. The van der Waals surface area contributed by atoms with Gasteiger partial charge in [-0.15, -0.1) is 0 Å². The van der Waals surface area contributed by atoms with Crippen LogP contribution in [0.15, 0.2) is 0 Å². The standard InChI is InChI=1S/C10H19NO2/c1-7-4-2-3-5-8(7)6-9(11)10(12)13/h7-9H,2-6,11H2,1H3,(H,12,13)/t7?,8?,9-/m1/s1. The fourth-order valence-corrected chi connectivity index (χ4v) is 2.17. The molecule has 0 bridgehead atoms. The van der Waals surface area contributed by atoms with Gasteiger partial charge in [0, 0.05) is 0 Å². The number of hydrogen-bond donors (Lipinski definition) is 2. The molecule has 1 aliphatic carbocycles. The summed E-state index contributed by atoms with van der Waals surface area (Å²) in [7, 11) is 0. The highest BCUT2D eigenvalue weighted by Gasteiger charge is 2.25. The Morgan fingerprint density at radius 1 is 1.54 bits per heavy atom. The van der Waals surface area contributed by atoms with Crippen molar-refractivity contribution < 1.29 is 9.90 Å². The second kappa shape index (κ2) is 4.61. The lowest BCUT2D eigenvalue weighted by atomic mass is 9.77. The van der Waals surface area contributed by atoms with Gasteiger partial charge in [-0.05, 0) is 18.3 Å². The van der Waals surface area contributed by atoms with E-state index >= 15 is 0 Å². The lowest BCUT2D eigenvalue weighted by Gasteiger charge is -2.29. The first-order valence-corrected chi connectivity index (χ1v) is 5.09. The second-order valence-electron chi connectivity index (χ2n) is 4.20. The molecule has 0 radical (unpaired) electrons. The number of nitrogens with two attached hydrogens (primary N) is 1. The normalized spacial score (nSPS) is 31.2. The largest absolute Gasteiger partial charge is 0.480 e. The van der Waals surface area contributed by atoms with Crippen molar-refractivity contribution in [2.24, 2.45) is 17.6 Å². The lowest BCUT2D eigenvalue weighted by molar-refractivity contribution is -0.139. The molecule has 3 atom stereocenters. The molecular weight excluding hydrogens is 166 g/mol. The highest BCUT2D eigenvalue weighted by molar-refractivity contribution is 5.73. The van der Waals surface area contributed by atoms with Crippen LogP contribution in [-0.4, -0.2) is 17.1 Å². The zero-order valence-electron chi connectivity index (χ0n) is 8.20. The van der Waals surface area contributed by atoms with Gasteiger partial charge in [0.15, 0.2) is 0 Å². The van der Waals surface area contributed by atoms with Crippen molar-refractivity contribution in [1.29, 1.82) is 0 Å². The van der Waals surface area contributed by atoms with Gasteiger partial charge in [-0.25, -0.2) is 0 Å². The summed E-state index contributed by atoms with van der Waals surface area (Å²) in [6, 6.07) is -0.662. The van der Waals surface area contributed by atoms with E-state index in [0.717, 1.165) is 6.42 Å². The van der Waals surface area contributed by atoms with Crippen molar-refractivity contribution in [1.82, 2.24) is 0 Å². The Morgan fingerprint density at radius 3 is 2.69 bits per heavy atom. The van der Waals surface area contributed by atoms with Crippen LogP contribution in [-0.2, 0) is 4.79 Å². The summed E-state index contributed by atoms with van der Waals surface area (Å²) in [5.41, 5.74) is 5.51. The van der Waals surface area contributed by atoms with Crippen LogP contribution in [0.3, 0.4) is 0 Å². The molecule has 0 aliphatic heterocycles. The molecule has 1 saturated carbocycles. The van der Waals surface area contributed by atoms with E-state index in [0.29, 0.717) is 18.3 Å². The van der Waals surface area contributed by atoms with Crippen molar-refractivity contribution in [3.63, 3.8) is 0 Å². The molecule has 0 aromatic carbocycles. The van der Waals surface area contributed by atoms with E-state index in [-0.39, 0.29) is 0 Å². The fourth-order valence-electron chi connectivity index (χ4n) is 2.17. The first-order chi connectivity index (χ1) is 6.11. The van der Waals surface area contributed by atoms with Crippen molar-refractivity contribution in [3.8, 4) is 0 Å². The molecule has 0 aromatic rings. The van der Waals surface area contributed by atoms with E-state index in [2.05, 4.69) is 6.92 Å². The molecule has 0 amide bonds. The fraction of sp³-hybridized carbons (Fsp3) is 0.900. The second-order valence-corrected chi connectivity index (χ2v) is 4.20. The highest BCUT2D eigenvalue weighted by atomic mass is 16.4. The highest BCUT2D eigenvalue weighted by Crippen LogP contribution is 2.32. The van der Waals surface area contributed by atoms with Gasteiger partial charge >= 0.3 is 5.97 Å². The summed E-state index contributed by atoms with van der Waals surface area (Å²) in [6.45, 7) is 2.21. The molecule has 3 nitrogen and oxygen atoms in total. The van der Waals surface area contributed by atoms with Crippen molar-refractivity contribution in [2.45, 2.75) is 45.1 Å². The maximum absolute atomic E-state index is 10.6. The van der Waals surface area contributed by atoms with Crippen LogP contribution in [0, 0.1) is 11.8 Å². The Morgan fingerprint density at radius 2 is 2.15 bits per heavy atom. The molecule has 1 rings (SSSR count). The Balaban J connectivity index is 2.37. The zero-order chi connectivity index (χ0) is 9.84. The maximum Gasteiger partial charge on any atom is 0.320 e. The molecule has 2 unspecified atom stereocenters.